The summed E-state index contributed by atoms with van der Waals surface area (Å²) in [7, 11) is 0. The van der Waals surface area contributed by atoms with Gasteiger partial charge in [-0.2, -0.15) is 0 Å². The van der Waals surface area contributed by atoms with E-state index >= 15 is 0 Å². The highest BCUT2D eigenvalue weighted by molar-refractivity contribution is 7.80. The van der Waals surface area contributed by atoms with Gasteiger partial charge in [0.25, 0.3) is 0 Å². The van der Waals surface area contributed by atoms with Gasteiger partial charge in [0.1, 0.15) is 6.17 Å². The van der Waals surface area contributed by atoms with Gasteiger partial charge in [0.15, 0.2) is 5.11 Å². The van der Waals surface area contributed by atoms with Crippen LogP contribution >= 0.6 is 12.2 Å². The molecule has 3 N–H and O–H groups in total. The Morgan fingerprint density at radius 3 is 2.28 bits per heavy atom. The standard InChI is InChI=1S/C12H13N3O2S/c13-12(18)14-11(8-4-2-1-3-5-8)15-9(16)6-7-10(15)17/h1-5,11H,6-7H2,(H3,13,14,18). The first kappa shape index (κ1) is 12.5. The monoisotopic (exact) mass is 263 g/mol. The van der Waals surface area contributed by atoms with Crippen LogP contribution in [0.3, 0.4) is 0 Å². The molecular weight excluding hydrogens is 250 g/mol. The molecule has 1 aromatic carbocycles. The molecule has 0 saturated carbocycles. The fourth-order valence-corrected chi connectivity index (χ4v) is 2.06. The van der Waals surface area contributed by atoms with Gasteiger partial charge in [0.2, 0.25) is 11.8 Å². The van der Waals surface area contributed by atoms with Crippen molar-refractivity contribution >= 4 is 29.1 Å². The Bertz CT molecular complexity index is 473. The van der Waals surface area contributed by atoms with Gasteiger partial charge in [-0.1, -0.05) is 30.3 Å². The largest absolute Gasteiger partial charge is 0.376 e. The number of likely N-dealkylation sites (tertiary alicyclic amines) is 1. The molecule has 1 heterocycles. The SMILES string of the molecule is NC(=S)NC(c1ccccc1)N1C(=O)CCC1=O. The second kappa shape index (κ2) is 5.14. The molecule has 0 spiro atoms. The summed E-state index contributed by atoms with van der Waals surface area (Å²) in [4.78, 5) is 24.7. The minimum absolute atomic E-state index is 0.0522. The Kier molecular flexibility index (Phi) is 3.57. The van der Waals surface area contributed by atoms with Crippen molar-refractivity contribution in [2.24, 2.45) is 5.73 Å². The lowest BCUT2D eigenvalue weighted by molar-refractivity contribution is -0.141. The highest BCUT2D eigenvalue weighted by atomic mass is 32.1. The third kappa shape index (κ3) is 2.48. The second-order valence-corrected chi connectivity index (χ2v) is 4.42. The van der Waals surface area contributed by atoms with Crippen LogP contribution in [0.25, 0.3) is 0 Å². The molecule has 2 rings (SSSR count). The lowest BCUT2D eigenvalue weighted by Gasteiger charge is -2.27. The number of nitrogens with zero attached hydrogens (tertiary/aromatic N) is 1. The van der Waals surface area contributed by atoms with Crippen LogP contribution in [0.1, 0.15) is 24.6 Å². The summed E-state index contributed by atoms with van der Waals surface area (Å²) in [6.45, 7) is 0. The first-order valence-electron chi connectivity index (χ1n) is 5.55. The van der Waals surface area contributed by atoms with Crippen molar-refractivity contribution in [3.05, 3.63) is 35.9 Å². The number of nitrogens with two attached hydrogens (primary N) is 1. The van der Waals surface area contributed by atoms with E-state index in [1.807, 2.05) is 30.3 Å². The minimum Gasteiger partial charge on any atom is -0.376 e. The quantitative estimate of drug-likeness (QED) is 0.619. The van der Waals surface area contributed by atoms with Gasteiger partial charge in [0.05, 0.1) is 0 Å². The van der Waals surface area contributed by atoms with Crippen molar-refractivity contribution in [3.63, 3.8) is 0 Å². The number of thiocarbonyl (C=S) groups is 1. The second-order valence-electron chi connectivity index (χ2n) is 3.98. The molecular formula is C12H13N3O2S. The number of nitrogens with one attached hydrogen (secondary N) is 1. The maximum Gasteiger partial charge on any atom is 0.231 e. The predicted molar refractivity (Wildman–Crippen MR) is 70.2 cm³/mol. The van der Waals surface area contributed by atoms with E-state index in [-0.39, 0.29) is 29.8 Å². The van der Waals surface area contributed by atoms with Gasteiger partial charge in [0, 0.05) is 12.8 Å². The molecule has 1 aliphatic rings. The average Bonchev–Trinajstić information content (AvgIpc) is 2.67. The van der Waals surface area contributed by atoms with E-state index in [1.54, 1.807) is 0 Å². The number of benzene rings is 1. The van der Waals surface area contributed by atoms with Crippen LogP contribution in [0.5, 0.6) is 0 Å². The van der Waals surface area contributed by atoms with E-state index in [1.165, 1.54) is 4.90 Å². The van der Waals surface area contributed by atoms with Gasteiger partial charge in [-0.15, -0.1) is 0 Å². The molecule has 5 nitrogen and oxygen atoms in total. The number of carbonyl (C=O) groups is 2. The Hall–Kier alpha value is -1.95. The molecule has 1 atom stereocenters. The summed E-state index contributed by atoms with van der Waals surface area (Å²) >= 11 is 4.80. The van der Waals surface area contributed by atoms with Crippen molar-refractivity contribution in [3.8, 4) is 0 Å². The van der Waals surface area contributed by atoms with Gasteiger partial charge < -0.3 is 11.1 Å². The Morgan fingerprint density at radius 1 is 1.22 bits per heavy atom. The predicted octanol–water partition coefficient (Wildman–Crippen LogP) is 0.667. The molecule has 94 valence electrons. The summed E-state index contributed by atoms with van der Waals surface area (Å²) in [5, 5.41) is 2.84. The molecule has 0 aromatic heterocycles. The van der Waals surface area contributed by atoms with E-state index in [4.69, 9.17) is 18.0 Å². The van der Waals surface area contributed by atoms with E-state index in [0.717, 1.165) is 5.56 Å². The third-order valence-corrected chi connectivity index (χ3v) is 2.86. The molecule has 0 bridgehead atoms. The van der Waals surface area contributed by atoms with E-state index in [0.29, 0.717) is 0 Å². The molecule has 2 amide bonds. The molecule has 18 heavy (non-hydrogen) atoms. The number of carbonyl (C=O) groups excluding carboxylic acids is 2. The highest BCUT2D eigenvalue weighted by Crippen LogP contribution is 2.24. The van der Waals surface area contributed by atoms with E-state index in [2.05, 4.69) is 5.32 Å². The van der Waals surface area contributed by atoms with Gasteiger partial charge in [-0.25, -0.2) is 0 Å². The van der Waals surface area contributed by atoms with Crippen LogP contribution in [0.4, 0.5) is 0 Å². The zero-order valence-corrected chi connectivity index (χ0v) is 10.4. The van der Waals surface area contributed by atoms with Gasteiger partial charge in [-0.3, -0.25) is 14.5 Å². The molecule has 1 aliphatic heterocycles. The van der Waals surface area contributed by atoms with Gasteiger partial charge >= 0.3 is 0 Å². The van der Waals surface area contributed by atoms with Crippen LogP contribution < -0.4 is 11.1 Å². The zero-order chi connectivity index (χ0) is 13.1. The molecule has 0 aliphatic carbocycles. The summed E-state index contributed by atoms with van der Waals surface area (Å²) in [6.07, 6.45) is -0.145. The number of rotatable bonds is 3. The number of hydrogen-bond acceptors (Lipinski definition) is 3. The number of imide groups is 1. The molecule has 1 aromatic rings. The van der Waals surface area contributed by atoms with Crippen LogP contribution in [-0.2, 0) is 9.59 Å². The maximum absolute atomic E-state index is 11.8. The first-order chi connectivity index (χ1) is 8.59. The molecule has 0 radical (unpaired) electrons. The Balaban J connectivity index is 2.34. The smallest absolute Gasteiger partial charge is 0.231 e. The van der Waals surface area contributed by atoms with Crippen molar-refractivity contribution < 1.29 is 9.59 Å². The molecule has 1 unspecified atom stereocenters. The zero-order valence-electron chi connectivity index (χ0n) is 9.63. The van der Waals surface area contributed by atoms with Crippen LogP contribution in [-0.4, -0.2) is 21.8 Å². The highest BCUT2D eigenvalue weighted by Gasteiger charge is 2.35. The summed E-state index contributed by atoms with van der Waals surface area (Å²) in [6, 6.07) is 9.14. The fourth-order valence-electron chi connectivity index (χ4n) is 1.95. The van der Waals surface area contributed by atoms with Gasteiger partial charge in [-0.05, 0) is 17.8 Å². The van der Waals surface area contributed by atoms with Crippen LogP contribution in [0.15, 0.2) is 30.3 Å². The number of amides is 2. The summed E-state index contributed by atoms with van der Waals surface area (Å²) in [5.41, 5.74) is 6.23. The summed E-state index contributed by atoms with van der Waals surface area (Å²) in [5.74, 6) is -0.421. The Morgan fingerprint density at radius 2 is 1.78 bits per heavy atom. The van der Waals surface area contributed by atoms with Crippen molar-refractivity contribution in [1.29, 1.82) is 0 Å². The van der Waals surface area contributed by atoms with Crippen LogP contribution in [0, 0.1) is 0 Å². The van der Waals surface area contributed by atoms with E-state index < -0.39 is 6.17 Å². The van der Waals surface area contributed by atoms with E-state index in [9.17, 15) is 9.59 Å². The minimum atomic E-state index is -0.619. The normalized spacial score (nSPS) is 16.8. The summed E-state index contributed by atoms with van der Waals surface area (Å²) < 4.78 is 0. The average molecular weight is 263 g/mol. The Labute approximate surface area is 110 Å². The lowest BCUT2D eigenvalue weighted by Crippen LogP contribution is -2.45. The first-order valence-corrected chi connectivity index (χ1v) is 5.96. The van der Waals surface area contributed by atoms with Crippen molar-refractivity contribution in [1.82, 2.24) is 10.2 Å². The maximum atomic E-state index is 11.8. The van der Waals surface area contributed by atoms with Crippen molar-refractivity contribution in [2.75, 3.05) is 0 Å². The molecule has 1 saturated heterocycles. The van der Waals surface area contributed by atoms with Crippen LogP contribution in [0.2, 0.25) is 0 Å². The fraction of sp³-hybridized carbons (Fsp3) is 0.250. The molecule has 6 heteroatoms. The molecule has 1 fully saturated rings. The topological polar surface area (TPSA) is 75.4 Å². The number of hydrogen-bond donors (Lipinski definition) is 2. The van der Waals surface area contributed by atoms with Crippen molar-refractivity contribution in [2.45, 2.75) is 19.0 Å². The lowest BCUT2D eigenvalue weighted by atomic mass is 10.1. The third-order valence-electron chi connectivity index (χ3n) is 2.74.